The van der Waals surface area contributed by atoms with Crippen molar-refractivity contribution in [1.82, 2.24) is 4.58 Å². The predicted molar refractivity (Wildman–Crippen MR) is 161 cm³/mol. The Morgan fingerprint density at radius 1 is 0.711 bits per heavy atom. The van der Waals surface area contributed by atoms with Crippen molar-refractivity contribution in [2.75, 3.05) is 19.0 Å². The second-order valence-electron chi connectivity index (χ2n) is 13.1. The van der Waals surface area contributed by atoms with Gasteiger partial charge in [-0.25, -0.2) is 4.58 Å². The Balaban J connectivity index is 0.00000400. The van der Waals surface area contributed by atoms with Gasteiger partial charge in [-0.1, -0.05) is 6.08 Å². The number of nitrogens with zero attached hydrogens (tertiary/aromatic N) is 2. The van der Waals surface area contributed by atoms with Crippen molar-refractivity contribution in [2.45, 2.75) is 65.0 Å². The maximum absolute atomic E-state index is 14.1. The molecule has 3 nitrogen and oxygen atoms in total. The number of alkyl halides is 6. The fraction of sp³-hybridized carbons (Fsp3) is 0.343. The molecule has 238 valence electrons. The molecule has 0 spiro atoms. The van der Waals surface area contributed by atoms with Gasteiger partial charge in [0.1, 0.15) is 18.5 Å². The molecule has 0 N–H and O–H groups in total. The van der Waals surface area contributed by atoms with Gasteiger partial charge in [0.2, 0.25) is 5.36 Å². The van der Waals surface area contributed by atoms with E-state index < -0.39 is 23.5 Å². The van der Waals surface area contributed by atoms with E-state index in [4.69, 9.17) is 4.74 Å². The molecule has 3 aromatic carbocycles. The standard InChI is InChI=1S/C35H33F6N2O.ClH/c1-18-16-32(3,4)42(7)27-14-29-25(12-23(18)27)31(20-9-21(34(36,37)38)11-22(10-20)35(39,40)41)26-13-24-19(2)17-33(5,6)43(8)28(24)15-30(26)44-29;/h9-17H,1-8H3;1H/q+1;/p-1. The molecule has 0 amide bonds. The number of fused-ring (bicyclic) bond motifs is 4. The largest absolute Gasteiger partial charge is 1.00 e. The van der Waals surface area contributed by atoms with Crippen LogP contribution in [0.15, 0.2) is 54.6 Å². The maximum Gasteiger partial charge on any atom is 0.416 e. The zero-order valence-electron chi connectivity index (χ0n) is 26.1. The molecule has 0 atom stereocenters. The van der Waals surface area contributed by atoms with E-state index in [1.807, 2.05) is 52.2 Å². The van der Waals surface area contributed by atoms with Crippen molar-refractivity contribution in [3.8, 4) is 11.5 Å². The molecule has 45 heavy (non-hydrogen) atoms. The van der Waals surface area contributed by atoms with Crippen LogP contribution >= 0.6 is 0 Å². The van der Waals surface area contributed by atoms with Crippen LogP contribution in [-0.4, -0.2) is 25.2 Å². The highest BCUT2D eigenvalue weighted by Crippen LogP contribution is 2.47. The maximum atomic E-state index is 14.1. The van der Waals surface area contributed by atoms with E-state index in [1.165, 1.54) is 0 Å². The van der Waals surface area contributed by atoms with Gasteiger partial charge >= 0.3 is 12.4 Å². The first-order valence-electron chi connectivity index (χ1n) is 14.3. The van der Waals surface area contributed by atoms with E-state index in [9.17, 15) is 26.3 Å². The summed E-state index contributed by atoms with van der Waals surface area (Å²) in [7, 11) is 3.89. The Labute approximate surface area is 264 Å². The third-order valence-electron chi connectivity index (χ3n) is 9.27. The van der Waals surface area contributed by atoms with Crippen molar-refractivity contribution in [3.05, 3.63) is 98.6 Å². The molecule has 0 bridgehead atoms. The molecule has 6 rings (SSSR count). The van der Waals surface area contributed by atoms with Gasteiger partial charge in [-0.15, -0.1) is 0 Å². The zero-order valence-corrected chi connectivity index (χ0v) is 26.9. The van der Waals surface area contributed by atoms with Gasteiger partial charge in [-0.05, 0) is 80.8 Å². The smallest absolute Gasteiger partial charge is 0.416 e. The van der Waals surface area contributed by atoms with Crippen molar-refractivity contribution >= 4 is 22.4 Å². The van der Waals surface area contributed by atoms with Crippen LogP contribution in [0, 0.1) is 0 Å². The number of allylic oxidation sites excluding steroid dienone is 2. The molecule has 0 unspecified atom stereocenters. The van der Waals surface area contributed by atoms with E-state index in [0.29, 0.717) is 22.3 Å². The van der Waals surface area contributed by atoms with Crippen molar-refractivity contribution in [3.63, 3.8) is 0 Å². The average Bonchev–Trinajstić information content (AvgIpc) is 2.90. The molecule has 0 aliphatic carbocycles. The lowest BCUT2D eigenvalue weighted by Gasteiger charge is -2.41. The number of likely N-dealkylation sites (N-methyl/N-ethyl adjacent to an activating group) is 2. The van der Waals surface area contributed by atoms with Gasteiger partial charge in [-0.3, -0.25) is 0 Å². The second kappa shape index (κ2) is 10.1. The van der Waals surface area contributed by atoms with Crippen LogP contribution < -0.4 is 37.2 Å². The molecule has 3 aliphatic rings. The number of hydrogen-bond acceptors (Lipinski definition) is 2. The summed E-state index contributed by atoms with van der Waals surface area (Å²) in [6.45, 7) is 12.2. The predicted octanol–water partition coefficient (Wildman–Crippen LogP) is 5.03. The Morgan fingerprint density at radius 2 is 1.29 bits per heavy atom. The van der Waals surface area contributed by atoms with Crippen LogP contribution in [0.1, 0.15) is 74.9 Å². The van der Waals surface area contributed by atoms with Crippen LogP contribution in [0.25, 0.3) is 16.7 Å². The second-order valence-corrected chi connectivity index (χ2v) is 13.1. The number of anilines is 1. The van der Waals surface area contributed by atoms with E-state index in [2.05, 4.69) is 49.3 Å². The van der Waals surface area contributed by atoms with Gasteiger partial charge < -0.3 is 22.0 Å². The number of halogens is 7. The molecule has 0 saturated carbocycles. The van der Waals surface area contributed by atoms with Gasteiger partial charge in [0.05, 0.1) is 22.7 Å². The van der Waals surface area contributed by atoms with Gasteiger partial charge in [0, 0.05) is 60.1 Å². The first-order valence-corrected chi connectivity index (χ1v) is 14.3. The van der Waals surface area contributed by atoms with E-state index in [-0.39, 0.29) is 40.7 Å². The van der Waals surface area contributed by atoms with E-state index in [0.717, 1.165) is 45.5 Å². The molecule has 10 heteroatoms. The van der Waals surface area contributed by atoms with Crippen molar-refractivity contribution in [2.24, 2.45) is 0 Å². The molecule has 0 radical (unpaired) electrons. The highest BCUT2D eigenvalue weighted by Gasteiger charge is 2.39. The average molecular weight is 647 g/mol. The summed E-state index contributed by atoms with van der Waals surface area (Å²) in [5.41, 5.74) is 1.51. The third kappa shape index (κ3) is 5.23. The van der Waals surface area contributed by atoms with E-state index >= 15 is 0 Å². The fourth-order valence-corrected chi connectivity index (χ4v) is 6.59. The summed E-state index contributed by atoms with van der Waals surface area (Å²) in [5, 5.41) is 1.28. The summed E-state index contributed by atoms with van der Waals surface area (Å²) in [6, 6.07) is 9.09. The minimum atomic E-state index is -4.99. The molecule has 3 heterocycles. The van der Waals surface area contributed by atoms with Crippen molar-refractivity contribution < 1.29 is 43.5 Å². The van der Waals surface area contributed by atoms with E-state index in [1.54, 1.807) is 0 Å². The zero-order chi connectivity index (χ0) is 32.3. The number of ether oxygens (including phenoxy) is 1. The van der Waals surface area contributed by atoms with Crippen LogP contribution in [-0.2, 0) is 12.4 Å². The van der Waals surface area contributed by atoms with Gasteiger partial charge in [0.25, 0.3) is 0 Å². The fourth-order valence-electron chi connectivity index (χ4n) is 6.59. The Morgan fingerprint density at radius 3 is 1.87 bits per heavy atom. The number of rotatable bonds is 1. The summed E-state index contributed by atoms with van der Waals surface area (Å²) in [5.74, 6) is 0.721. The molecule has 3 aliphatic heterocycles. The van der Waals surface area contributed by atoms with Crippen molar-refractivity contribution in [1.29, 1.82) is 0 Å². The number of hydrogen-bond donors (Lipinski definition) is 0. The normalized spacial score (nSPS) is 18.0. The first kappa shape index (κ1) is 32.7. The lowest BCUT2D eigenvalue weighted by molar-refractivity contribution is -0.143. The quantitative estimate of drug-likeness (QED) is 0.213. The Hall–Kier alpha value is -3.72. The van der Waals surface area contributed by atoms with Gasteiger partial charge in [-0.2, -0.15) is 26.3 Å². The Kier molecular flexibility index (Phi) is 7.36. The lowest BCUT2D eigenvalue weighted by Crippen LogP contribution is -3.00. The first-order chi connectivity index (χ1) is 20.2. The SMILES string of the molecule is CC1=CC(C)(C)N(C)c2cc3c(cc21)C(c1cc(C(F)(F)F)cc(C(F)(F)F)c1)=c1cc2c(cc1O3)=[N+](C)C(C)(C)C=C2C.[Cl-]. The highest BCUT2D eigenvalue weighted by molar-refractivity contribution is 5.92. The minimum Gasteiger partial charge on any atom is -1.00 e. The monoisotopic (exact) mass is 646 g/mol. The third-order valence-corrected chi connectivity index (χ3v) is 9.27. The summed E-state index contributed by atoms with van der Waals surface area (Å²) in [6.07, 6.45) is -5.79. The molecular weight excluding hydrogens is 614 g/mol. The molecule has 0 fully saturated rings. The Bertz CT molecular complexity index is 1930. The lowest BCUT2D eigenvalue weighted by atomic mass is 9.84. The van der Waals surface area contributed by atoms with Gasteiger partial charge in [0.15, 0.2) is 5.54 Å². The molecule has 0 aromatic heterocycles. The number of benzene rings is 3. The van der Waals surface area contributed by atoms with Crippen LogP contribution in [0.5, 0.6) is 11.5 Å². The topological polar surface area (TPSA) is 15.5 Å². The summed E-state index contributed by atoms with van der Waals surface area (Å²) >= 11 is 0. The highest BCUT2D eigenvalue weighted by atomic mass is 35.5. The van der Waals surface area contributed by atoms with Crippen LogP contribution in [0.2, 0.25) is 0 Å². The van der Waals surface area contributed by atoms with Crippen LogP contribution in [0.3, 0.4) is 0 Å². The summed E-state index contributed by atoms with van der Waals surface area (Å²) < 4.78 is 92.9. The minimum absolute atomic E-state index is 0. The molecular formula is C35H33ClF6N2O. The summed E-state index contributed by atoms with van der Waals surface area (Å²) in [4.78, 5) is 2.08. The molecule has 0 saturated heterocycles. The van der Waals surface area contributed by atoms with Crippen LogP contribution in [0.4, 0.5) is 32.0 Å². The molecule has 3 aromatic rings.